The lowest BCUT2D eigenvalue weighted by Crippen LogP contribution is -2.38. The van der Waals surface area contributed by atoms with Crippen LogP contribution in [0.5, 0.6) is 5.75 Å². The number of Topliss-reactive ketones (excluding diaryl/α,β-unsaturated/α-hetero) is 1. The van der Waals surface area contributed by atoms with Crippen LogP contribution in [0, 0.1) is 0 Å². The van der Waals surface area contributed by atoms with Gasteiger partial charge in [-0.05, 0) is 60.7 Å². The topological polar surface area (TPSA) is 70.7 Å². The van der Waals surface area contributed by atoms with Crippen LogP contribution in [0.15, 0.2) is 77.3 Å². The Labute approximate surface area is 196 Å². The summed E-state index contributed by atoms with van der Waals surface area (Å²) in [5.74, 6) is 0.730. The van der Waals surface area contributed by atoms with Crippen molar-refractivity contribution >= 4 is 40.1 Å². The van der Waals surface area contributed by atoms with Crippen LogP contribution in [0.2, 0.25) is 0 Å². The molecule has 2 N–H and O–H groups in total. The van der Waals surface area contributed by atoms with Gasteiger partial charge in [0.2, 0.25) is 5.91 Å². The van der Waals surface area contributed by atoms with E-state index >= 15 is 0 Å². The Morgan fingerprint density at radius 1 is 1.12 bits per heavy atom. The summed E-state index contributed by atoms with van der Waals surface area (Å²) >= 11 is 1.61. The predicted molar refractivity (Wildman–Crippen MR) is 132 cm³/mol. The SMILES string of the molecule is COc1ccc(NC(=O)CN2c3ccccc3NC3=C(C(=O)CCC3)[C@@H]2c2cccs2)cc1. The van der Waals surface area contributed by atoms with Gasteiger partial charge < -0.3 is 20.3 Å². The molecule has 0 bridgehead atoms. The molecule has 2 aromatic carbocycles. The lowest BCUT2D eigenvalue weighted by Gasteiger charge is -2.34. The van der Waals surface area contributed by atoms with E-state index in [0.29, 0.717) is 12.1 Å². The number of hydrogen-bond acceptors (Lipinski definition) is 6. The molecule has 1 amide bonds. The molecule has 0 radical (unpaired) electrons. The number of fused-ring (bicyclic) bond motifs is 1. The number of methoxy groups -OCH3 is 1. The first-order valence-electron chi connectivity index (χ1n) is 11.0. The molecule has 0 spiro atoms. The highest BCUT2D eigenvalue weighted by atomic mass is 32.1. The second kappa shape index (κ2) is 9.11. The molecule has 2 heterocycles. The Morgan fingerprint density at radius 3 is 2.70 bits per heavy atom. The minimum Gasteiger partial charge on any atom is -0.497 e. The molecule has 1 aliphatic carbocycles. The third-order valence-corrected chi connectivity index (χ3v) is 6.97. The van der Waals surface area contributed by atoms with Crippen LogP contribution in [-0.4, -0.2) is 25.3 Å². The molecule has 5 rings (SSSR count). The number of ketones is 1. The van der Waals surface area contributed by atoms with Crippen molar-refractivity contribution in [3.8, 4) is 5.75 Å². The van der Waals surface area contributed by atoms with Crippen molar-refractivity contribution < 1.29 is 14.3 Å². The van der Waals surface area contributed by atoms with Crippen LogP contribution in [0.25, 0.3) is 0 Å². The molecule has 168 valence electrons. The summed E-state index contributed by atoms with van der Waals surface area (Å²) in [4.78, 5) is 29.5. The number of thiophene rings is 1. The summed E-state index contributed by atoms with van der Waals surface area (Å²) in [6.07, 6.45) is 2.19. The first-order chi connectivity index (χ1) is 16.1. The quantitative estimate of drug-likeness (QED) is 0.536. The van der Waals surface area contributed by atoms with E-state index in [-0.39, 0.29) is 24.3 Å². The number of nitrogens with one attached hydrogen (secondary N) is 2. The fourth-order valence-corrected chi connectivity index (χ4v) is 5.39. The van der Waals surface area contributed by atoms with Crippen molar-refractivity contribution in [1.82, 2.24) is 0 Å². The number of hydrogen-bond donors (Lipinski definition) is 2. The normalized spacial score (nSPS) is 17.5. The van der Waals surface area contributed by atoms with Crippen molar-refractivity contribution in [1.29, 1.82) is 0 Å². The van der Waals surface area contributed by atoms with Gasteiger partial charge in [-0.25, -0.2) is 0 Å². The largest absolute Gasteiger partial charge is 0.497 e. The summed E-state index contributed by atoms with van der Waals surface area (Å²) in [6, 6.07) is 18.9. The van der Waals surface area contributed by atoms with Gasteiger partial charge in [0, 0.05) is 28.3 Å². The number of ether oxygens (including phenoxy) is 1. The first-order valence-corrected chi connectivity index (χ1v) is 11.9. The average Bonchev–Trinajstić information content (AvgIpc) is 3.31. The molecule has 0 unspecified atom stereocenters. The summed E-state index contributed by atoms with van der Waals surface area (Å²) in [7, 11) is 1.61. The number of para-hydroxylation sites is 2. The number of amides is 1. The molecular weight excluding hydrogens is 434 g/mol. The minimum absolute atomic E-state index is 0.108. The van der Waals surface area contributed by atoms with Crippen LogP contribution >= 0.6 is 11.3 Å². The van der Waals surface area contributed by atoms with E-state index in [0.717, 1.165) is 46.1 Å². The molecule has 7 heteroatoms. The molecule has 6 nitrogen and oxygen atoms in total. The van der Waals surface area contributed by atoms with Gasteiger partial charge in [-0.1, -0.05) is 18.2 Å². The molecule has 0 saturated heterocycles. The van der Waals surface area contributed by atoms with Gasteiger partial charge in [0.15, 0.2) is 5.78 Å². The molecule has 0 saturated carbocycles. The Morgan fingerprint density at radius 2 is 1.94 bits per heavy atom. The molecule has 3 aromatic rings. The van der Waals surface area contributed by atoms with Crippen LogP contribution in [-0.2, 0) is 9.59 Å². The van der Waals surface area contributed by atoms with Crippen molar-refractivity contribution in [2.24, 2.45) is 0 Å². The van der Waals surface area contributed by atoms with E-state index in [4.69, 9.17) is 4.74 Å². The van der Waals surface area contributed by atoms with Crippen LogP contribution in [0.3, 0.4) is 0 Å². The summed E-state index contributed by atoms with van der Waals surface area (Å²) in [5, 5.41) is 8.53. The Kier molecular flexibility index (Phi) is 5.88. The minimum atomic E-state index is -0.314. The summed E-state index contributed by atoms with van der Waals surface area (Å²) in [5.41, 5.74) is 4.26. The Balaban J connectivity index is 1.54. The van der Waals surface area contributed by atoms with Crippen LogP contribution in [0.4, 0.5) is 17.1 Å². The highest BCUT2D eigenvalue weighted by molar-refractivity contribution is 7.10. The first kappa shape index (κ1) is 21.3. The van der Waals surface area contributed by atoms with Crippen LogP contribution in [0.1, 0.15) is 30.2 Å². The Bertz CT molecular complexity index is 1200. The van der Waals surface area contributed by atoms with E-state index in [1.807, 2.05) is 66.0 Å². The van der Waals surface area contributed by atoms with Gasteiger partial charge in [-0.15, -0.1) is 11.3 Å². The zero-order valence-electron chi connectivity index (χ0n) is 18.3. The average molecular weight is 460 g/mol. The van der Waals surface area contributed by atoms with E-state index in [9.17, 15) is 9.59 Å². The third kappa shape index (κ3) is 4.24. The second-order valence-electron chi connectivity index (χ2n) is 8.13. The van der Waals surface area contributed by atoms with E-state index in [2.05, 4.69) is 15.5 Å². The lowest BCUT2D eigenvalue weighted by atomic mass is 9.88. The smallest absolute Gasteiger partial charge is 0.243 e. The zero-order chi connectivity index (χ0) is 22.8. The van der Waals surface area contributed by atoms with E-state index < -0.39 is 0 Å². The third-order valence-electron chi connectivity index (χ3n) is 6.04. The highest BCUT2D eigenvalue weighted by Crippen LogP contribution is 2.45. The number of carbonyl (C=O) groups is 2. The van der Waals surface area contributed by atoms with Crippen molar-refractivity contribution in [3.63, 3.8) is 0 Å². The standard InChI is InChI=1S/C26H25N3O3S/c1-32-18-13-11-17(12-14-18)27-24(31)16-29-21-8-3-2-6-19(21)28-20-7-4-9-22(30)25(20)26(29)23-10-5-15-33-23/h2-3,5-6,8,10-15,26,28H,4,7,9,16H2,1H3,(H,27,31)/t26-/m0/s1. The van der Waals surface area contributed by atoms with Gasteiger partial charge >= 0.3 is 0 Å². The zero-order valence-corrected chi connectivity index (χ0v) is 19.2. The van der Waals surface area contributed by atoms with Gasteiger partial charge in [-0.3, -0.25) is 9.59 Å². The van der Waals surface area contributed by atoms with Gasteiger partial charge in [0.25, 0.3) is 0 Å². The molecule has 0 fully saturated rings. The summed E-state index contributed by atoms with van der Waals surface area (Å²) < 4.78 is 5.20. The number of anilines is 3. The van der Waals surface area contributed by atoms with E-state index in [1.54, 1.807) is 18.4 Å². The van der Waals surface area contributed by atoms with Crippen molar-refractivity contribution in [2.75, 3.05) is 29.2 Å². The summed E-state index contributed by atoms with van der Waals surface area (Å²) in [6.45, 7) is 0.108. The fourth-order valence-electron chi connectivity index (χ4n) is 4.55. The number of rotatable bonds is 5. The van der Waals surface area contributed by atoms with Crippen LogP contribution < -0.4 is 20.3 Å². The number of allylic oxidation sites excluding steroid dienone is 1. The van der Waals surface area contributed by atoms with Crippen molar-refractivity contribution in [3.05, 3.63) is 82.2 Å². The predicted octanol–water partition coefficient (Wildman–Crippen LogP) is 5.38. The lowest BCUT2D eigenvalue weighted by molar-refractivity contribution is -0.117. The molecule has 33 heavy (non-hydrogen) atoms. The van der Waals surface area contributed by atoms with E-state index in [1.165, 1.54) is 0 Å². The van der Waals surface area contributed by atoms with Crippen molar-refractivity contribution in [2.45, 2.75) is 25.3 Å². The Hall–Kier alpha value is -3.58. The molecule has 1 aliphatic heterocycles. The fraction of sp³-hybridized carbons (Fsp3) is 0.231. The highest BCUT2D eigenvalue weighted by Gasteiger charge is 2.37. The maximum atomic E-state index is 13.2. The van der Waals surface area contributed by atoms with Gasteiger partial charge in [0.05, 0.1) is 31.1 Å². The second-order valence-corrected chi connectivity index (χ2v) is 9.11. The maximum Gasteiger partial charge on any atom is 0.243 e. The number of nitrogens with zero attached hydrogens (tertiary/aromatic N) is 1. The monoisotopic (exact) mass is 459 g/mol. The molecule has 1 aromatic heterocycles. The van der Waals surface area contributed by atoms with Gasteiger partial charge in [0.1, 0.15) is 5.75 Å². The number of carbonyl (C=O) groups excluding carboxylic acids is 2. The molecule has 2 aliphatic rings. The molecular formula is C26H25N3O3S. The molecule has 1 atom stereocenters. The number of benzene rings is 2. The maximum absolute atomic E-state index is 13.2. The van der Waals surface area contributed by atoms with Gasteiger partial charge in [-0.2, -0.15) is 0 Å².